The number of ether oxygens (including phenoxy) is 3. The molecule has 3 fully saturated rings. The van der Waals surface area contributed by atoms with Gasteiger partial charge in [0.25, 0.3) is 11.5 Å². The van der Waals surface area contributed by atoms with E-state index < -0.39 is 17.7 Å². The van der Waals surface area contributed by atoms with Crippen molar-refractivity contribution in [1.29, 1.82) is 0 Å². The molecule has 0 aliphatic carbocycles. The molecule has 0 bridgehead atoms. The van der Waals surface area contributed by atoms with Crippen LogP contribution in [0.3, 0.4) is 0 Å². The van der Waals surface area contributed by atoms with E-state index in [0.717, 1.165) is 5.56 Å². The third kappa shape index (κ3) is 1.60. The van der Waals surface area contributed by atoms with Crippen molar-refractivity contribution in [3.63, 3.8) is 0 Å². The number of carbonyl (C=O) groups is 2. The lowest BCUT2D eigenvalue weighted by atomic mass is 9.94. The number of rotatable bonds is 2. The molecule has 4 atom stereocenters. The predicted octanol–water partition coefficient (Wildman–Crippen LogP) is 0.627. The Balaban J connectivity index is 1.68. The fraction of sp³-hybridized carbons (Fsp3) is 0.467. The second-order valence-corrected chi connectivity index (χ2v) is 5.50. The zero-order valence-electron chi connectivity index (χ0n) is 11.5. The molecule has 0 spiro atoms. The van der Waals surface area contributed by atoms with Crippen LogP contribution in [0.5, 0.6) is 0 Å². The number of benzene rings is 1. The third-order valence-electron chi connectivity index (χ3n) is 4.46. The summed E-state index contributed by atoms with van der Waals surface area (Å²) in [5, 5.41) is 0. The highest BCUT2D eigenvalue weighted by Crippen LogP contribution is 2.51. The monoisotopic (exact) mass is 289 g/mol. The second kappa shape index (κ2) is 4.29. The van der Waals surface area contributed by atoms with Gasteiger partial charge in [-0.2, -0.15) is 0 Å². The Hall–Kier alpha value is -1.92. The number of hydrogen-bond acceptors (Lipinski definition) is 5. The lowest BCUT2D eigenvalue weighted by Crippen LogP contribution is -2.54. The minimum atomic E-state index is -1.44. The van der Waals surface area contributed by atoms with Crippen LogP contribution in [0, 0.1) is 0 Å². The fourth-order valence-electron chi connectivity index (χ4n) is 3.34. The summed E-state index contributed by atoms with van der Waals surface area (Å²) in [5.74, 6) is -0.961. The molecule has 1 aromatic carbocycles. The number of piperidine rings is 1. The zero-order valence-corrected chi connectivity index (χ0v) is 11.5. The lowest BCUT2D eigenvalue weighted by Gasteiger charge is -2.32. The minimum absolute atomic E-state index is 0.185. The summed E-state index contributed by atoms with van der Waals surface area (Å²) in [6.07, 6.45) is -0.245. The summed E-state index contributed by atoms with van der Waals surface area (Å²) >= 11 is 0. The van der Waals surface area contributed by atoms with E-state index in [9.17, 15) is 9.59 Å². The molecule has 3 heterocycles. The highest BCUT2D eigenvalue weighted by molar-refractivity contribution is 6.10. The maximum Gasteiger partial charge on any atom is 0.350 e. The molecule has 0 aromatic heterocycles. The fourth-order valence-corrected chi connectivity index (χ4v) is 3.34. The van der Waals surface area contributed by atoms with Crippen molar-refractivity contribution in [3.8, 4) is 0 Å². The summed E-state index contributed by atoms with van der Waals surface area (Å²) in [6, 6.07) is 9.48. The van der Waals surface area contributed by atoms with E-state index >= 15 is 0 Å². The van der Waals surface area contributed by atoms with Gasteiger partial charge < -0.3 is 19.1 Å². The van der Waals surface area contributed by atoms with Crippen LogP contribution in [0.1, 0.15) is 18.0 Å². The normalized spacial score (nSPS) is 36.9. The number of fused-ring (bicyclic) bond motifs is 2. The van der Waals surface area contributed by atoms with Crippen LogP contribution in [0.2, 0.25) is 0 Å². The minimum Gasteiger partial charge on any atom is -0.466 e. The van der Waals surface area contributed by atoms with Crippen LogP contribution >= 0.6 is 0 Å². The van der Waals surface area contributed by atoms with E-state index in [-0.39, 0.29) is 18.2 Å². The molecule has 1 aromatic rings. The van der Waals surface area contributed by atoms with Crippen molar-refractivity contribution in [2.45, 2.75) is 30.4 Å². The highest BCUT2D eigenvalue weighted by Gasteiger charge is 2.75. The second-order valence-electron chi connectivity index (χ2n) is 5.50. The summed E-state index contributed by atoms with van der Waals surface area (Å²) in [5.41, 5.74) is -0.445. The average molecular weight is 289 g/mol. The van der Waals surface area contributed by atoms with Crippen LogP contribution in [-0.2, 0) is 23.8 Å². The van der Waals surface area contributed by atoms with E-state index in [1.807, 2.05) is 30.3 Å². The highest BCUT2D eigenvalue weighted by atomic mass is 16.7. The molecule has 21 heavy (non-hydrogen) atoms. The summed E-state index contributed by atoms with van der Waals surface area (Å²) in [6.45, 7) is 0.435. The Labute approximate surface area is 121 Å². The number of amides is 1. The van der Waals surface area contributed by atoms with Crippen molar-refractivity contribution in [2.75, 3.05) is 13.7 Å². The van der Waals surface area contributed by atoms with Crippen molar-refractivity contribution in [1.82, 2.24) is 4.90 Å². The smallest absolute Gasteiger partial charge is 0.350 e. The number of methoxy groups -OCH3 is 1. The van der Waals surface area contributed by atoms with Crippen LogP contribution in [0.25, 0.3) is 0 Å². The SMILES string of the molecule is COC(=O)[C@]12O[C@H]1C[C@@H]1OC[C@@H](c3ccccc3)N1C2=O. The molecule has 3 saturated heterocycles. The van der Waals surface area contributed by atoms with Crippen LogP contribution < -0.4 is 0 Å². The predicted molar refractivity (Wildman–Crippen MR) is 70.0 cm³/mol. The molecule has 0 unspecified atom stereocenters. The van der Waals surface area contributed by atoms with E-state index in [0.29, 0.717) is 13.0 Å². The third-order valence-corrected chi connectivity index (χ3v) is 4.46. The first-order chi connectivity index (χ1) is 10.2. The van der Waals surface area contributed by atoms with Gasteiger partial charge in [0.1, 0.15) is 12.3 Å². The molecule has 6 nitrogen and oxygen atoms in total. The van der Waals surface area contributed by atoms with Gasteiger partial charge in [0.15, 0.2) is 0 Å². The number of nitrogens with zero attached hydrogens (tertiary/aromatic N) is 1. The van der Waals surface area contributed by atoms with Gasteiger partial charge in [-0.3, -0.25) is 4.79 Å². The maximum absolute atomic E-state index is 12.8. The van der Waals surface area contributed by atoms with Crippen molar-refractivity contribution < 1.29 is 23.8 Å². The van der Waals surface area contributed by atoms with Crippen molar-refractivity contribution >= 4 is 11.9 Å². The Morgan fingerprint density at radius 2 is 2.14 bits per heavy atom. The Bertz CT molecular complexity index is 603. The summed E-state index contributed by atoms with van der Waals surface area (Å²) in [7, 11) is 1.27. The van der Waals surface area contributed by atoms with Crippen LogP contribution in [-0.4, -0.2) is 48.4 Å². The Kier molecular flexibility index (Phi) is 2.61. The molecule has 6 heteroatoms. The molecular formula is C15H15NO5. The first-order valence-electron chi connectivity index (χ1n) is 6.94. The van der Waals surface area contributed by atoms with Gasteiger partial charge >= 0.3 is 5.97 Å². The van der Waals surface area contributed by atoms with Gasteiger partial charge in [-0.1, -0.05) is 30.3 Å². The number of carbonyl (C=O) groups excluding carboxylic acids is 2. The van der Waals surface area contributed by atoms with E-state index in [1.165, 1.54) is 7.11 Å². The van der Waals surface area contributed by atoms with Gasteiger partial charge in [0.05, 0.1) is 19.8 Å². The molecule has 1 amide bonds. The molecule has 3 aliphatic rings. The quantitative estimate of drug-likeness (QED) is 0.454. The van der Waals surface area contributed by atoms with Gasteiger partial charge in [-0.05, 0) is 5.56 Å². The van der Waals surface area contributed by atoms with Crippen molar-refractivity contribution in [3.05, 3.63) is 35.9 Å². The average Bonchev–Trinajstić information content (AvgIpc) is 3.11. The summed E-state index contributed by atoms with van der Waals surface area (Å²) in [4.78, 5) is 26.3. The topological polar surface area (TPSA) is 68.4 Å². The Morgan fingerprint density at radius 3 is 2.86 bits per heavy atom. The number of epoxide rings is 1. The van der Waals surface area contributed by atoms with Crippen molar-refractivity contribution in [2.24, 2.45) is 0 Å². The van der Waals surface area contributed by atoms with Gasteiger partial charge in [-0.25, -0.2) is 4.79 Å². The largest absolute Gasteiger partial charge is 0.466 e. The molecule has 3 aliphatic heterocycles. The number of esters is 1. The first kappa shape index (κ1) is 12.8. The molecule has 4 rings (SSSR count). The molecule has 0 N–H and O–H groups in total. The molecule has 110 valence electrons. The zero-order chi connectivity index (χ0) is 14.6. The van der Waals surface area contributed by atoms with Gasteiger partial charge in [0, 0.05) is 6.42 Å². The maximum atomic E-state index is 12.8. The van der Waals surface area contributed by atoms with Gasteiger partial charge in [-0.15, -0.1) is 0 Å². The standard InChI is InChI=1S/C15H15NO5/c1-19-14(18)15-11(21-15)7-12-16(13(15)17)10(8-20-12)9-5-3-2-4-6-9/h2-6,10-12H,7-8H2,1H3/t10-,11-,12-,15-/m0/s1. The first-order valence-corrected chi connectivity index (χ1v) is 6.94. The lowest BCUT2D eigenvalue weighted by molar-refractivity contribution is -0.160. The number of hydrogen-bond donors (Lipinski definition) is 0. The van der Waals surface area contributed by atoms with E-state index in [2.05, 4.69) is 0 Å². The Morgan fingerprint density at radius 1 is 1.38 bits per heavy atom. The van der Waals surface area contributed by atoms with E-state index in [1.54, 1.807) is 4.90 Å². The van der Waals surface area contributed by atoms with Gasteiger partial charge in [0.2, 0.25) is 0 Å². The van der Waals surface area contributed by atoms with E-state index in [4.69, 9.17) is 14.2 Å². The van der Waals surface area contributed by atoms with Crippen LogP contribution in [0.4, 0.5) is 0 Å². The summed E-state index contributed by atoms with van der Waals surface area (Å²) < 4.78 is 15.9. The van der Waals surface area contributed by atoms with Crippen LogP contribution in [0.15, 0.2) is 30.3 Å². The molecule has 0 saturated carbocycles. The molecular weight excluding hydrogens is 274 g/mol. The molecule has 0 radical (unpaired) electrons.